The van der Waals surface area contributed by atoms with Gasteiger partial charge in [0.05, 0.1) is 0 Å². The lowest BCUT2D eigenvalue weighted by Crippen LogP contribution is -2.17. The van der Waals surface area contributed by atoms with E-state index in [9.17, 15) is 4.79 Å². The molecule has 0 aliphatic carbocycles. The molecule has 1 heterocycles. The molecule has 5 nitrogen and oxygen atoms in total. The molecule has 3 aromatic carbocycles. The maximum atomic E-state index is 13.0. The lowest BCUT2D eigenvalue weighted by Gasteiger charge is -2.07. The van der Waals surface area contributed by atoms with Gasteiger partial charge in [-0.2, -0.15) is 9.67 Å². The van der Waals surface area contributed by atoms with E-state index in [-0.39, 0.29) is 5.91 Å². The zero-order valence-electron chi connectivity index (χ0n) is 15.5. The van der Waals surface area contributed by atoms with Crippen LogP contribution in [-0.2, 0) is 6.54 Å². The summed E-state index contributed by atoms with van der Waals surface area (Å²) in [5.74, 6) is 0.723. The SMILES string of the molecule is Cc1cccc(-c2nc(NCc3ccccc3)n(C(=O)c3ccccc3)n2)c1. The summed E-state index contributed by atoms with van der Waals surface area (Å²) in [6.07, 6.45) is 0. The molecule has 4 aromatic rings. The highest BCUT2D eigenvalue weighted by Crippen LogP contribution is 2.20. The average Bonchev–Trinajstić information content (AvgIpc) is 3.17. The molecule has 0 atom stereocenters. The van der Waals surface area contributed by atoms with Gasteiger partial charge in [-0.3, -0.25) is 4.79 Å². The van der Waals surface area contributed by atoms with Crippen LogP contribution in [0.25, 0.3) is 11.4 Å². The van der Waals surface area contributed by atoms with Gasteiger partial charge >= 0.3 is 0 Å². The van der Waals surface area contributed by atoms with Crippen LogP contribution in [0.4, 0.5) is 5.95 Å². The van der Waals surface area contributed by atoms with Crippen LogP contribution in [0.15, 0.2) is 84.9 Å². The highest BCUT2D eigenvalue weighted by molar-refractivity contribution is 5.97. The third-order valence-corrected chi connectivity index (χ3v) is 4.39. The number of anilines is 1. The van der Waals surface area contributed by atoms with Crippen molar-refractivity contribution in [2.75, 3.05) is 5.32 Å². The predicted octanol–water partition coefficient (Wildman–Crippen LogP) is 4.55. The van der Waals surface area contributed by atoms with E-state index in [4.69, 9.17) is 0 Å². The van der Waals surface area contributed by atoms with Crippen LogP contribution in [0.3, 0.4) is 0 Å². The second-order valence-corrected chi connectivity index (χ2v) is 6.55. The Kier molecular flexibility index (Phi) is 4.97. The Hall–Kier alpha value is -3.73. The van der Waals surface area contributed by atoms with E-state index in [0.29, 0.717) is 23.9 Å². The molecule has 0 saturated heterocycles. The maximum Gasteiger partial charge on any atom is 0.281 e. The van der Waals surface area contributed by atoms with Crippen LogP contribution in [0, 0.1) is 6.92 Å². The van der Waals surface area contributed by atoms with Gasteiger partial charge in [0.25, 0.3) is 5.91 Å². The molecule has 0 fully saturated rings. The van der Waals surface area contributed by atoms with Gasteiger partial charge in [-0.05, 0) is 30.7 Å². The second-order valence-electron chi connectivity index (χ2n) is 6.55. The molecule has 0 amide bonds. The normalized spacial score (nSPS) is 10.6. The van der Waals surface area contributed by atoms with Crippen LogP contribution in [0.5, 0.6) is 0 Å². The Bertz CT molecular complexity index is 1090. The first kappa shape index (κ1) is 17.7. The van der Waals surface area contributed by atoms with Gasteiger partial charge in [-0.15, -0.1) is 5.10 Å². The van der Waals surface area contributed by atoms with E-state index in [1.165, 1.54) is 4.68 Å². The molecule has 0 spiro atoms. The third kappa shape index (κ3) is 3.83. The molecule has 5 heteroatoms. The van der Waals surface area contributed by atoms with Crippen molar-refractivity contribution in [2.24, 2.45) is 0 Å². The van der Waals surface area contributed by atoms with Gasteiger partial charge in [-0.1, -0.05) is 72.3 Å². The Balaban J connectivity index is 1.70. The molecule has 4 rings (SSSR count). The van der Waals surface area contributed by atoms with Gasteiger partial charge in [0.2, 0.25) is 5.95 Å². The van der Waals surface area contributed by atoms with E-state index in [2.05, 4.69) is 15.4 Å². The Morgan fingerprint density at radius 1 is 0.929 bits per heavy atom. The van der Waals surface area contributed by atoms with Crippen LogP contribution < -0.4 is 5.32 Å². The summed E-state index contributed by atoms with van der Waals surface area (Å²) in [5.41, 5.74) is 3.65. The van der Waals surface area contributed by atoms with Gasteiger partial charge in [0, 0.05) is 17.7 Å². The van der Waals surface area contributed by atoms with Crippen molar-refractivity contribution < 1.29 is 4.79 Å². The Labute approximate surface area is 163 Å². The molecular formula is C23H20N4O. The number of rotatable bonds is 5. The van der Waals surface area contributed by atoms with Crippen molar-refractivity contribution in [3.63, 3.8) is 0 Å². The van der Waals surface area contributed by atoms with Crippen molar-refractivity contribution in [3.05, 3.63) is 102 Å². The summed E-state index contributed by atoms with van der Waals surface area (Å²) in [5, 5.41) is 7.76. The van der Waals surface area contributed by atoms with E-state index < -0.39 is 0 Å². The minimum atomic E-state index is -0.220. The summed E-state index contributed by atoms with van der Waals surface area (Å²) in [6.45, 7) is 2.57. The summed E-state index contributed by atoms with van der Waals surface area (Å²) in [6, 6.07) is 27.0. The fourth-order valence-electron chi connectivity index (χ4n) is 2.95. The quantitative estimate of drug-likeness (QED) is 0.561. The van der Waals surface area contributed by atoms with E-state index in [1.807, 2.05) is 79.7 Å². The molecule has 0 bridgehead atoms. The number of nitrogens with zero attached hydrogens (tertiary/aromatic N) is 3. The number of benzene rings is 3. The molecule has 1 N–H and O–H groups in total. The number of hydrogen-bond acceptors (Lipinski definition) is 4. The molecule has 0 radical (unpaired) electrons. The Morgan fingerprint density at radius 3 is 2.36 bits per heavy atom. The van der Waals surface area contributed by atoms with E-state index >= 15 is 0 Å². The number of carbonyl (C=O) groups excluding carboxylic acids is 1. The third-order valence-electron chi connectivity index (χ3n) is 4.39. The molecule has 0 unspecified atom stereocenters. The largest absolute Gasteiger partial charge is 0.350 e. The number of hydrogen-bond donors (Lipinski definition) is 1. The first-order valence-electron chi connectivity index (χ1n) is 9.12. The lowest BCUT2D eigenvalue weighted by molar-refractivity contribution is 0.0947. The Morgan fingerprint density at radius 2 is 1.64 bits per heavy atom. The van der Waals surface area contributed by atoms with E-state index in [0.717, 1.165) is 16.7 Å². The number of aromatic nitrogens is 3. The molecule has 28 heavy (non-hydrogen) atoms. The number of carbonyl (C=O) groups is 1. The van der Waals surface area contributed by atoms with Gasteiger partial charge in [0.1, 0.15) is 0 Å². The second kappa shape index (κ2) is 7.88. The highest BCUT2D eigenvalue weighted by atomic mass is 16.2. The molecule has 0 aliphatic rings. The van der Waals surface area contributed by atoms with Crippen molar-refractivity contribution in [3.8, 4) is 11.4 Å². The maximum absolute atomic E-state index is 13.0. The summed E-state index contributed by atoms with van der Waals surface area (Å²) < 4.78 is 1.34. The minimum absolute atomic E-state index is 0.220. The zero-order chi connectivity index (χ0) is 19.3. The van der Waals surface area contributed by atoms with Crippen LogP contribution in [-0.4, -0.2) is 20.7 Å². The smallest absolute Gasteiger partial charge is 0.281 e. The molecule has 1 aromatic heterocycles. The van der Waals surface area contributed by atoms with E-state index in [1.54, 1.807) is 12.1 Å². The van der Waals surface area contributed by atoms with Gasteiger partial charge in [0.15, 0.2) is 5.82 Å². The van der Waals surface area contributed by atoms with Crippen LogP contribution in [0.2, 0.25) is 0 Å². The van der Waals surface area contributed by atoms with Gasteiger partial charge in [-0.25, -0.2) is 0 Å². The fourth-order valence-corrected chi connectivity index (χ4v) is 2.95. The monoisotopic (exact) mass is 368 g/mol. The van der Waals surface area contributed by atoms with Crippen molar-refractivity contribution in [1.29, 1.82) is 0 Å². The lowest BCUT2D eigenvalue weighted by atomic mass is 10.1. The molecular weight excluding hydrogens is 348 g/mol. The summed E-state index contributed by atoms with van der Waals surface area (Å²) >= 11 is 0. The molecule has 138 valence electrons. The highest BCUT2D eigenvalue weighted by Gasteiger charge is 2.18. The first-order chi connectivity index (χ1) is 13.7. The average molecular weight is 368 g/mol. The standard InChI is InChI=1S/C23H20N4O/c1-17-9-8-14-20(15-17)21-25-23(24-16-18-10-4-2-5-11-18)27(26-21)22(28)19-12-6-3-7-13-19/h2-15H,16H2,1H3,(H,24,25,26). The zero-order valence-corrected chi connectivity index (χ0v) is 15.5. The predicted molar refractivity (Wildman–Crippen MR) is 110 cm³/mol. The minimum Gasteiger partial charge on any atom is -0.350 e. The summed E-state index contributed by atoms with van der Waals surface area (Å²) in [4.78, 5) is 17.6. The van der Waals surface area contributed by atoms with Crippen LogP contribution in [0.1, 0.15) is 21.5 Å². The number of aryl methyl sites for hydroxylation is 1. The summed E-state index contributed by atoms with van der Waals surface area (Å²) in [7, 11) is 0. The number of nitrogens with one attached hydrogen (secondary N) is 1. The van der Waals surface area contributed by atoms with Gasteiger partial charge < -0.3 is 5.32 Å². The fraction of sp³-hybridized carbons (Fsp3) is 0.0870. The van der Waals surface area contributed by atoms with Crippen LogP contribution >= 0.6 is 0 Å². The van der Waals surface area contributed by atoms with Crippen molar-refractivity contribution >= 4 is 11.9 Å². The molecule has 0 saturated carbocycles. The van der Waals surface area contributed by atoms with Crippen molar-refractivity contribution in [2.45, 2.75) is 13.5 Å². The van der Waals surface area contributed by atoms with Crippen molar-refractivity contribution in [1.82, 2.24) is 14.8 Å². The first-order valence-corrected chi connectivity index (χ1v) is 9.12. The topological polar surface area (TPSA) is 59.8 Å². The molecule has 0 aliphatic heterocycles.